The summed E-state index contributed by atoms with van der Waals surface area (Å²) in [5.74, 6) is -0.355. The van der Waals surface area contributed by atoms with Crippen molar-refractivity contribution >= 4 is 50.7 Å². The van der Waals surface area contributed by atoms with E-state index in [4.69, 9.17) is 11.6 Å². The minimum Gasteiger partial charge on any atom is -0.350 e. The summed E-state index contributed by atoms with van der Waals surface area (Å²) >= 11 is 7.82. The number of fused-ring (bicyclic) bond motifs is 2. The van der Waals surface area contributed by atoms with Crippen molar-refractivity contribution in [3.8, 4) is 0 Å². The second-order valence-corrected chi connectivity index (χ2v) is 9.27. The number of nitrogens with zero attached hydrogens (tertiary/aromatic N) is 1. The highest BCUT2D eigenvalue weighted by Gasteiger charge is 2.27. The molecule has 3 aromatic rings. The Kier molecular flexibility index (Phi) is 5.40. The van der Waals surface area contributed by atoms with Gasteiger partial charge in [0.25, 0.3) is 11.8 Å². The second-order valence-electron chi connectivity index (χ2n) is 7.76. The molecule has 0 radical (unpaired) electrons. The van der Waals surface area contributed by atoms with Gasteiger partial charge in [0, 0.05) is 33.9 Å². The second kappa shape index (κ2) is 7.84. The lowest BCUT2D eigenvalue weighted by molar-refractivity contribution is 0.0943. The average Bonchev–Trinajstić information content (AvgIpc) is 3.20. The van der Waals surface area contributed by atoms with Crippen molar-refractivity contribution < 1.29 is 9.59 Å². The Balaban J connectivity index is 1.72. The van der Waals surface area contributed by atoms with Gasteiger partial charge < -0.3 is 15.2 Å². The average molecular weight is 430 g/mol. The molecule has 2 aromatic heterocycles. The molecule has 7 heteroatoms. The van der Waals surface area contributed by atoms with Gasteiger partial charge in [-0.3, -0.25) is 9.59 Å². The van der Waals surface area contributed by atoms with Gasteiger partial charge in [0.15, 0.2) is 0 Å². The van der Waals surface area contributed by atoms with Gasteiger partial charge in [-0.15, -0.1) is 11.3 Å². The fourth-order valence-corrected chi connectivity index (χ4v) is 5.44. The molecule has 2 N–H and O–H groups in total. The summed E-state index contributed by atoms with van der Waals surface area (Å²) in [4.78, 5) is 27.2. The van der Waals surface area contributed by atoms with Gasteiger partial charge in [-0.1, -0.05) is 17.7 Å². The Morgan fingerprint density at radius 1 is 1.17 bits per heavy atom. The molecule has 1 aromatic carbocycles. The van der Waals surface area contributed by atoms with Crippen LogP contribution in [0.4, 0.5) is 5.00 Å². The van der Waals surface area contributed by atoms with E-state index in [2.05, 4.69) is 10.6 Å². The maximum absolute atomic E-state index is 13.1. The first kappa shape index (κ1) is 20.0. The number of rotatable bonds is 4. The minimum atomic E-state index is -0.239. The Morgan fingerprint density at radius 3 is 2.66 bits per heavy atom. The lowest BCUT2D eigenvalue weighted by atomic mass is 9.95. The zero-order valence-corrected chi connectivity index (χ0v) is 18.3. The van der Waals surface area contributed by atoms with Crippen LogP contribution >= 0.6 is 22.9 Å². The van der Waals surface area contributed by atoms with Gasteiger partial charge in [0.1, 0.15) is 10.7 Å². The van der Waals surface area contributed by atoms with Crippen molar-refractivity contribution in [3.63, 3.8) is 0 Å². The Labute approximate surface area is 179 Å². The Morgan fingerprint density at radius 2 is 1.93 bits per heavy atom. The number of aryl methyl sites for hydroxylation is 2. The molecule has 0 saturated heterocycles. The topological polar surface area (TPSA) is 63.1 Å². The van der Waals surface area contributed by atoms with Crippen LogP contribution in [0.5, 0.6) is 0 Å². The molecule has 2 heterocycles. The summed E-state index contributed by atoms with van der Waals surface area (Å²) < 4.78 is 1.83. The number of benzene rings is 1. The van der Waals surface area contributed by atoms with Crippen LogP contribution in [0.1, 0.15) is 58.0 Å². The summed E-state index contributed by atoms with van der Waals surface area (Å²) in [6.45, 7) is 3.88. The van der Waals surface area contributed by atoms with Gasteiger partial charge in [-0.05, 0) is 63.3 Å². The lowest BCUT2D eigenvalue weighted by Crippen LogP contribution is -2.31. The third-order valence-corrected chi connectivity index (χ3v) is 6.85. The number of aromatic nitrogens is 1. The van der Waals surface area contributed by atoms with E-state index in [1.807, 2.05) is 43.7 Å². The number of hydrogen-bond acceptors (Lipinski definition) is 3. The van der Waals surface area contributed by atoms with Crippen LogP contribution in [-0.4, -0.2) is 22.4 Å². The standard InChI is InChI=1S/C22H24ClN3O2S/c1-12(2)24-21(28)19-13-7-4-5-10-18(13)29-22(19)25-20(27)17-11-14-15(23)8-6-9-16(14)26(17)3/h6,8-9,11-12H,4-5,7,10H2,1-3H3,(H,24,28)(H,25,27). The summed E-state index contributed by atoms with van der Waals surface area (Å²) in [7, 11) is 1.85. The molecular formula is C22H24ClN3O2S. The minimum absolute atomic E-state index is 0.0329. The van der Waals surface area contributed by atoms with Gasteiger partial charge in [0.2, 0.25) is 0 Å². The summed E-state index contributed by atoms with van der Waals surface area (Å²) in [6.07, 6.45) is 4.03. The van der Waals surface area contributed by atoms with E-state index in [9.17, 15) is 9.59 Å². The number of amides is 2. The number of thiophene rings is 1. The molecule has 152 valence electrons. The van der Waals surface area contributed by atoms with E-state index in [1.165, 1.54) is 16.2 Å². The van der Waals surface area contributed by atoms with Crippen LogP contribution in [-0.2, 0) is 19.9 Å². The van der Waals surface area contributed by atoms with Crippen LogP contribution in [0.15, 0.2) is 24.3 Å². The normalized spacial score (nSPS) is 13.6. The highest BCUT2D eigenvalue weighted by Crippen LogP contribution is 2.38. The molecular weight excluding hydrogens is 406 g/mol. The first-order valence-electron chi connectivity index (χ1n) is 9.87. The van der Waals surface area contributed by atoms with Gasteiger partial charge >= 0.3 is 0 Å². The van der Waals surface area contributed by atoms with Crippen molar-refractivity contribution in [3.05, 3.63) is 51.0 Å². The van der Waals surface area contributed by atoms with Crippen molar-refractivity contribution in [2.75, 3.05) is 5.32 Å². The first-order chi connectivity index (χ1) is 13.9. The quantitative estimate of drug-likeness (QED) is 0.601. The molecule has 1 aliphatic carbocycles. The van der Waals surface area contributed by atoms with Crippen molar-refractivity contribution in [1.29, 1.82) is 0 Å². The lowest BCUT2D eigenvalue weighted by Gasteiger charge is -2.14. The molecule has 4 rings (SSSR count). The Hall–Kier alpha value is -2.31. The number of halogens is 1. The predicted molar refractivity (Wildman–Crippen MR) is 119 cm³/mol. The fourth-order valence-electron chi connectivity index (χ4n) is 3.94. The summed E-state index contributed by atoms with van der Waals surface area (Å²) in [5.41, 5.74) is 3.12. The van der Waals surface area contributed by atoms with Gasteiger partial charge in [-0.25, -0.2) is 0 Å². The highest BCUT2D eigenvalue weighted by molar-refractivity contribution is 7.17. The molecule has 0 unspecified atom stereocenters. The molecule has 0 aliphatic heterocycles. The van der Waals surface area contributed by atoms with E-state index < -0.39 is 0 Å². The Bertz CT molecular complexity index is 1110. The molecule has 5 nitrogen and oxygen atoms in total. The number of hydrogen-bond donors (Lipinski definition) is 2. The number of nitrogens with one attached hydrogen (secondary N) is 2. The molecule has 0 fully saturated rings. The largest absolute Gasteiger partial charge is 0.350 e. The van der Waals surface area contributed by atoms with E-state index in [0.29, 0.717) is 21.3 Å². The molecule has 0 bridgehead atoms. The third-order valence-electron chi connectivity index (χ3n) is 5.31. The van der Waals surface area contributed by atoms with E-state index in [0.717, 1.165) is 42.1 Å². The van der Waals surface area contributed by atoms with Crippen LogP contribution in [0.25, 0.3) is 10.9 Å². The zero-order valence-electron chi connectivity index (χ0n) is 16.8. The number of anilines is 1. The van der Waals surface area contributed by atoms with E-state index in [1.54, 1.807) is 6.07 Å². The summed E-state index contributed by atoms with van der Waals surface area (Å²) in [5, 5.41) is 8.08. The van der Waals surface area contributed by atoms with Crippen LogP contribution in [0.2, 0.25) is 5.02 Å². The predicted octanol–water partition coefficient (Wildman–Crippen LogP) is 5.16. The molecule has 2 amide bonds. The van der Waals surface area contributed by atoms with Gasteiger partial charge in [0.05, 0.1) is 5.56 Å². The smallest absolute Gasteiger partial charge is 0.272 e. The van der Waals surface area contributed by atoms with E-state index in [-0.39, 0.29) is 17.9 Å². The van der Waals surface area contributed by atoms with Crippen molar-refractivity contribution in [2.45, 2.75) is 45.6 Å². The molecule has 0 atom stereocenters. The van der Waals surface area contributed by atoms with Crippen molar-refractivity contribution in [2.24, 2.45) is 7.05 Å². The fraction of sp³-hybridized carbons (Fsp3) is 0.364. The summed E-state index contributed by atoms with van der Waals surface area (Å²) in [6, 6.07) is 7.45. The molecule has 0 spiro atoms. The SMILES string of the molecule is CC(C)NC(=O)c1c(NC(=O)c2cc3c(Cl)cccc3n2C)sc2c1CCCC2. The number of carbonyl (C=O) groups excluding carboxylic acids is 2. The molecule has 29 heavy (non-hydrogen) atoms. The molecule has 0 saturated carbocycles. The third kappa shape index (κ3) is 3.67. The first-order valence-corrected chi connectivity index (χ1v) is 11.1. The maximum atomic E-state index is 13.1. The monoisotopic (exact) mass is 429 g/mol. The number of carbonyl (C=O) groups is 2. The molecule has 1 aliphatic rings. The van der Waals surface area contributed by atoms with Crippen LogP contribution < -0.4 is 10.6 Å². The van der Waals surface area contributed by atoms with Gasteiger partial charge in [-0.2, -0.15) is 0 Å². The van der Waals surface area contributed by atoms with Crippen molar-refractivity contribution in [1.82, 2.24) is 9.88 Å². The maximum Gasteiger partial charge on any atom is 0.272 e. The van der Waals surface area contributed by atoms with E-state index >= 15 is 0 Å². The van der Waals surface area contributed by atoms with Crippen LogP contribution in [0.3, 0.4) is 0 Å². The zero-order chi connectivity index (χ0) is 20.7. The van der Waals surface area contributed by atoms with Crippen LogP contribution in [0, 0.1) is 0 Å². The highest BCUT2D eigenvalue weighted by atomic mass is 35.5.